The highest BCUT2D eigenvalue weighted by Gasteiger charge is 2.19. The molecule has 5 heteroatoms. The first kappa shape index (κ1) is 11.6. The van der Waals surface area contributed by atoms with Crippen LogP contribution in [0.4, 0.5) is 9.18 Å². The lowest BCUT2D eigenvalue weighted by atomic mass is 10.2. The zero-order valence-electron chi connectivity index (χ0n) is 9.90. The first-order valence-corrected chi connectivity index (χ1v) is 5.23. The SMILES string of the molecule is CC(C)(C)OC(=O)n1ccc2ncc(F)cc21. The minimum Gasteiger partial charge on any atom is -0.443 e. The number of carbonyl (C=O) groups excluding carboxylic acids is 1. The molecule has 2 aromatic heterocycles. The van der Waals surface area contributed by atoms with Crippen LogP contribution in [0, 0.1) is 5.82 Å². The van der Waals surface area contributed by atoms with Crippen molar-refractivity contribution in [2.24, 2.45) is 0 Å². The number of aromatic nitrogens is 2. The van der Waals surface area contributed by atoms with Gasteiger partial charge in [-0.15, -0.1) is 0 Å². The molecule has 0 aliphatic rings. The Kier molecular flexibility index (Phi) is 2.61. The van der Waals surface area contributed by atoms with Crippen molar-refractivity contribution in [2.45, 2.75) is 26.4 Å². The molecule has 0 N–H and O–H groups in total. The second kappa shape index (κ2) is 3.84. The van der Waals surface area contributed by atoms with Crippen LogP contribution in [0.5, 0.6) is 0 Å². The van der Waals surface area contributed by atoms with Gasteiger partial charge >= 0.3 is 6.09 Å². The molecule has 0 radical (unpaired) electrons. The third-order valence-electron chi connectivity index (χ3n) is 2.10. The lowest BCUT2D eigenvalue weighted by molar-refractivity contribution is 0.0544. The number of hydrogen-bond acceptors (Lipinski definition) is 3. The van der Waals surface area contributed by atoms with E-state index in [1.807, 2.05) is 0 Å². The molecule has 0 aliphatic heterocycles. The molecule has 2 aromatic rings. The van der Waals surface area contributed by atoms with Crippen LogP contribution in [0.25, 0.3) is 11.0 Å². The Balaban J connectivity index is 2.42. The van der Waals surface area contributed by atoms with Gasteiger partial charge in [0.1, 0.15) is 11.4 Å². The van der Waals surface area contributed by atoms with E-state index in [2.05, 4.69) is 4.98 Å². The van der Waals surface area contributed by atoms with Crippen LogP contribution in [0.3, 0.4) is 0 Å². The molecule has 0 saturated carbocycles. The molecule has 0 atom stereocenters. The number of nitrogens with zero attached hydrogens (tertiary/aromatic N) is 2. The third kappa shape index (κ3) is 2.43. The quantitative estimate of drug-likeness (QED) is 0.706. The molecule has 0 aliphatic carbocycles. The monoisotopic (exact) mass is 236 g/mol. The molecule has 0 fully saturated rings. The molecule has 90 valence electrons. The van der Waals surface area contributed by atoms with E-state index in [0.29, 0.717) is 11.0 Å². The minimum absolute atomic E-state index is 0.402. The molecule has 0 aromatic carbocycles. The van der Waals surface area contributed by atoms with Gasteiger partial charge in [0.05, 0.1) is 17.2 Å². The predicted octanol–water partition coefficient (Wildman–Crippen LogP) is 2.96. The van der Waals surface area contributed by atoms with Gasteiger partial charge in [-0.3, -0.25) is 9.55 Å². The van der Waals surface area contributed by atoms with Crippen molar-refractivity contribution in [1.29, 1.82) is 0 Å². The summed E-state index contributed by atoms with van der Waals surface area (Å²) in [5.74, 6) is -0.485. The van der Waals surface area contributed by atoms with Gasteiger partial charge in [0, 0.05) is 12.3 Å². The van der Waals surface area contributed by atoms with Crippen LogP contribution in [0.2, 0.25) is 0 Å². The maximum absolute atomic E-state index is 13.1. The van der Waals surface area contributed by atoms with E-state index in [0.717, 1.165) is 6.20 Å². The molecule has 17 heavy (non-hydrogen) atoms. The van der Waals surface area contributed by atoms with E-state index < -0.39 is 17.5 Å². The Labute approximate surface area is 98.0 Å². The summed E-state index contributed by atoms with van der Waals surface area (Å²) in [7, 11) is 0. The van der Waals surface area contributed by atoms with Crippen molar-refractivity contribution >= 4 is 17.1 Å². The number of hydrogen-bond donors (Lipinski definition) is 0. The van der Waals surface area contributed by atoms with Gasteiger partial charge in [0.2, 0.25) is 0 Å². The molecule has 0 saturated heterocycles. The summed E-state index contributed by atoms with van der Waals surface area (Å²) >= 11 is 0. The maximum atomic E-state index is 13.1. The highest BCUT2D eigenvalue weighted by atomic mass is 19.1. The number of rotatable bonds is 0. The molecule has 2 heterocycles. The van der Waals surface area contributed by atoms with Gasteiger partial charge in [-0.05, 0) is 26.8 Å². The molecule has 0 spiro atoms. The van der Waals surface area contributed by atoms with Crippen molar-refractivity contribution in [2.75, 3.05) is 0 Å². The van der Waals surface area contributed by atoms with Crippen LogP contribution in [-0.4, -0.2) is 21.2 Å². The van der Waals surface area contributed by atoms with Crippen molar-refractivity contribution < 1.29 is 13.9 Å². The minimum atomic E-state index is -0.589. The third-order valence-corrected chi connectivity index (χ3v) is 2.10. The van der Waals surface area contributed by atoms with Crippen molar-refractivity contribution in [1.82, 2.24) is 9.55 Å². The Morgan fingerprint density at radius 1 is 1.47 bits per heavy atom. The van der Waals surface area contributed by atoms with Crippen LogP contribution in [-0.2, 0) is 4.74 Å². The highest BCUT2D eigenvalue weighted by molar-refractivity contribution is 5.87. The Bertz CT molecular complexity index is 569. The summed E-state index contributed by atoms with van der Waals surface area (Å²) < 4.78 is 19.5. The van der Waals surface area contributed by atoms with Crippen LogP contribution in [0.15, 0.2) is 24.5 Å². The van der Waals surface area contributed by atoms with Gasteiger partial charge in [0.25, 0.3) is 0 Å². The Hall–Kier alpha value is -1.91. The molecule has 0 amide bonds. The Morgan fingerprint density at radius 2 is 2.18 bits per heavy atom. The van der Waals surface area contributed by atoms with Gasteiger partial charge in [-0.2, -0.15) is 0 Å². The zero-order valence-corrected chi connectivity index (χ0v) is 9.90. The first-order chi connectivity index (χ1) is 7.87. The number of halogens is 1. The smallest absolute Gasteiger partial charge is 0.419 e. The molecule has 0 bridgehead atoms. The summed E-state index contributed by atoms with van der Waals surface area (Å²) in [6, 6.07) is 2.89. The number of ether oxygens (including phenoxy) is 1. The lowest BCUT2D eigenvalue weighted by Gasteiger charge is -2.19. The summed E-state index contributed by atoms with van der Waals surface area (Å²) in [6.07, 6.45) is 2.09. The largest absolute Gasteiger partial charge is 0.443 e. The lowest BCUT2D eigenvalue weighted by Crippen LogP contribution is -2.26. The van der Waals surface area contributed by atoms with E-state index in [1.165, 1.54) is 16.8 Å². The summed E-state index contributed by atoms with van der Waals surface area (Å²) in [5, 5.41) is 0. The van der Waals surface area contributed by atoms with E-state index in [1.54, 1.807) is 26.8 Å². The average molecular weight is 236 g/mol. The maximum Gasteiger partial charge on any atom is 0.419 e. The first-order valence-electron chi connectivity index (χ1n) is 5.23. The van der Waals surface area contributed by atoms with Crippen molar-refractivity contribution in [3.05, 3.63) is 30.3 Å². The number of fused-ring (bicyclic) bond motifs is 1. The fraction of sp³-hybridized carbons (Fsp3) is 0.333. The number of pyridine rings is 1. The van der Waals surface area contributed by atoms with Crippen LogP contribution in [0.1, 0.15) is 20.8 Å². The van der Waals surface area contributed by atoms with E-state index >= 15 is 0 Å². The zero-order chi connectivity index (χ0) is 12.6. The molecular weight excluding hydrogens is 223 g/mol. The van der Waals surface area contributed by atoms with Gasteiger partial charge < -0.3 is 4.74 Å². The number of carbonyl (C=O) groups is 1. The van der Waals surface area contributed by atoms with Crippen LogP contribution >= 0.6 is 0 Å². The van der Waals surface area contributed by atoms with E-state index in [9.17, 15) is 9.18 Å². The topological polar surface area (TPSA) is 44.1 Å². The predicted molar refractivity (Wildman–Crippen MR) is 61.3 cm³/mol. The second-order valence-electron chi connectivity index (χ2n) is 4.72. The van der Waals surface area contributed by atoms with E-state index in [4.69, 9.17) is 4.74 Å². The van der Waals surface area contributed by atoms with Crippen LogP contribution < -0.4 is 0 Å². The Morgan fingerprint density at radius 3 is 2.82 bits per heavy atom. The van der Waals surface area contributed by atoms with Gasteiger partial charge in [-0.25, -0.2) is 9.18 Å². The standard InChI is InChI=1S/C12H13FN2O2/c1-12(2,3)17-11(16)15-5-4-9-10(15)6-8(13)7-14-9/h4-7H,1-3H3. The fourth-order valence-electron chi connectivity index (χ4n) is 1.46. The highest BCUT2D eigenvalue weighted by Crippen LogP contribution is 2.17. The average Bonchev–Trinajstić information content (AvgIpc) is 2.57. The molecule has 2 rings (SSSR count). The van der Waals surface area contributed by atoms with Crippen molar-refractivity contribution in [3.63, 3.8) is 0 Å². The fourth-order valence-corrected chi connectivity index (χ4v) is 1.46. The van der Waals surface area contributed by atoms with E-state index in [-0.39, 0.29) is 0 Å². The van der Waals surface area contributed by atoms with Gasteiger partial charge in [-0.1, -0.05) is 0 Å². The summed E-state index contributed by atoms with van der Waals surface area (Å²) in [5.41, 5.74) is 0.366. The summed E-state index contributed by atoms with van der Waals surface area (Å²) in [4.78, 5) is 15.7. The van der Waals surface area contributed by atoms with Crippen molar-refractivity contribution in [3.8, 4) is 0 Å². The second-order valence-corrected chi connectivity index (χ2v) is 4.72. The normalized spacial score (nSPS) is 11.8. The molecule has 0 unspecified atom stereocenters. The molecule has 4 nitrogen and oxygen atoms in total. The molecular formula is C12H13FN2O2. The summed E-state index contributed by atoms with van der Waals surface area (Å²) in [6.45, 7) is 5.32. The van der Waals surface area contributed by atoms with Gasteiger partial charge in [0.15, 0.2) is 0 Å².